The average Bonchev–Trinajstić information content (AvgIpc) is 2.03. The van der Waals surface area contributed by atoms with Gasteiger partial charge in [0, 0.05) is 5.75 Å². The highest BCUT2D eigenvalue weighted by molar-refractivity contribution is 7.80. The van der Waals surface area contributed by atoms with Crippen molar-refractivity contribution >= 4 is 12.6 Å². The predicted octanol–water partition coefficient (Wildman–Crippen LogP) is 3.83. The van der Waals surface area contributed by atoms with Crippen LogP contribution in [0.15, 0.2) is 12.2 Å². The van der Waals surface area contributed by atoms with Crippen molar-refractivity contribution in [2.24, 2.45) is 0 Å². The lowest BCUT2D eigenvalue weighted by Crippen LogP contribution is -1.75. The van der Waals surface area contributed by atoms with Crippen LogP contribution in [0.4, 0.5) is 0 Å². The molecule has 0 N–H and O–H groups in total. The Bertz CT molecular complexity index is 86.9. The molecule has 0 rings (SSSR count). The summed E-state index contributed by atoms with van der Waals surface area (Å²) in [6.45, 7) is 2.25. The monoisotopic (exact) mass is 172 g/mol. The van der Waals surface area contributed by atoms with Crippen LogP contribution in [0, 0.1) is 0 Å². The first-order valence-electron chi connectivity index (χ1n) is 4.67. The summed E-state index contributed by atoms with van der Waals surface area (Å²) in [7, 11) is 0. The van der Waals surface area contributed by atoms with Crippen molar-refractivity contribution in [3.63, 3.8) is 0 Å². The molecule has 66 valence electrons. The minimum Gasteiger partial charge on any atom is -0.175 e. The normalized spacial score (nSPS) is 11.1. The summed E-state index contributed by atoms with van der Waals surface area (Å²) in [6, 6.07) is 0. The van der Waals surface area contributed by atoms with E-state index in [2.05, 4.69) is 31.7 Å². The van der Waals surface area contributed by atoms with E-state index in [1.807, 2.05) is 0 Å². The molecule has 0 saturated heterocycles. The molecule has 0 amide bonds. The summed E-state index contributed by atoms with van der Waals surface area (Å²) in [5.41, 5.74) is 0. The Morgan fingerprint density at radius 2 is 1.73 bits per heavy atom. The Labute approximate surface area is 76.5 Å². The second kappa shape index (κ2) is 10.1. The minimum atomic E-state index is 0.884. The molecule has 0 unspecified atom stereocenters. The molecule has 0 nitrogen and oxygen atoms in total. The van der Waals surface area contributed by atoms with Crippen molar-refractivity contribution in [1.29, 1.82) is 0 Å². The molecule has 0 bridgehead atoms. The Kier molecular flexibility index (Phi) is 10.2. The summed E-state index contributed by atoms with van der Waals surface area (Å²) in [4.78, 5) is 0. The lowest BCUT2D eigenvalue weighted by molar-refractivity contribution is 0.637. The number of hydrogen-bond donors (Lipinski definition) is 1. The lowest BCUT2D eigenvalue weighted by atomic mass is 10.1. The van der Waals surface area contributed by atoms with Gasteiger partial charge in [-0.2, -0.15) is 12.6 Å². The van der Waals surface area contributed by atoms with E-state index in [1.165, 1.54) is 38.5 Å². The summed E-state index contributed by atoms with van der Waals surface area (Å²) >= 11 is 4.09. The third-order valence-electron chi connectivity index (χ3n) is 1.75. The van der Waals surface area contributed by atoms with E-state index in [0.717, 1.165) is 5.75 Å². The number of unbranched alkanes of at least 4 members (excludes halogenated alkanes) is 5. The van der Waals surface area contributed by atoms with E-state index in [1.54, 1.807) is 0 Å². The summed E-state index contributed by atoms with van der Waals surface area (Å²) in [6.07, 6.45) is 12.5. The first-order chi connectivity index (χ1) is 5.41. The van der Waals surface area contributed by atoms with Gasteiger partial charge in [-0.1, -0.05) is 44.8 Å². The van der Waals surface area contributed by atoms with Crippen LogP contribution in [0.25, 0.3) is 0 Å². The van der Waals surface area contributed by atoms with Gasteiger partial charge in [-0.3, -0.25) is 0 Å². The molecule has 1 heteroatoms. The van der Waals surface area contributed by atoms with Crippen LogP contribution in [0.3, 0.4) is 0 Å². The van der Waals surface area contributed by atoms with E-state index in [-0.39, 0.29) is 0 Å². The van der Waals surface area contributed by atoms with Gasteiger partial charge in [0.15, 0.2) is 0 Å². The highest BCUT2D eigenvalue weighted by Gasteiger charge is 1.85. The van der Waals surface area contributed by atoms with Crippen molar-refractivity contribution in [2.75, 3.05) is 5.75 Å². The van der Waals surface area contributed by atoms with Gasteiger partial charge in [0.05, 0.1) is 0 Å². The second-order valence-corrected chi connectivity index (χ2v) is 3.22. The van der Waals surface area contributed by atoms with Crippen LogP contribution < -0.4 is 0 Å². The molecule has 0 aliphatic heterocycles. The molecule has 0 atom stereocenters. The zero-order valence-corrected chi connectivity index (χ0v) is 8.45. The molecular formula is C10H20S. The number of allylic oxidation sites excluding steroid dienone is 1. The highest BCUT2D eigenvalue weighted by atomic mass is 32.1. The van der Waals surface area contributed by atoms with Crippen LogP contribution in [-0.2, 0) is 0 Å². The van der Waals surface area contributed by atoms with Gasteiger partial charge in [-0.25, -0.2) is 0 Å². The molecule has 0 saturated carbocycles. The quantitative estimate of drug-likeness (QED) is 0.337. The standard InChI is InChI=1S/C10H20S/c1-2-3-4-5-6-7-8-9-10-11/h8-9,11H,2-7,10H2,1H3. The minimum absolute atomic E-state index is 0.884. The molecule has 0 spiro atoms. The summed E-state index contributed by atoms with van der Waals surface area (Å²) in [5, 5.41) is 0. The molecule has 0 aromatic rings. The summed E-state index contributed by atoms with van der Waals surface area (Å²) < 4.78 is 0. The molecule has 0 aromatic carbocycles. The van der Waals surface area contributed by atoms with Gasteiger partial charge in [0.2, 0.25) is 0 Å². The van der Waals surface area contributed by atoms with E-state index in [0.29, 0.717) is 0 Å². The summed E-state index contributed by atoms with van der Waals surface area (Å²) in [5.74, 6) is 0.884. The van der Waals surface area contributed by atoms with Gasteiger partial charge in [-0.15, -0.1) is 0 Å². The van der Waals surface area contributed by atoms with Crippen molar-refractivity contribution in [2.45, 2.75) is 45.4 Å². The van der Waals surface area contributed by atoms with E-state index in [4.69, 9.17) is 0 Å². The van der Waals surface area contributed by atoms with Crippen molar-refractivity contribution in [1.82, 2.24) is 0 Å². The van der Waals surface area contributed by atoms with E-state index >= 15 is 0 Å². The molecule has 0 fully saturated rings. The Morgan fingerprint density at radius 3 is 2.36 bits per heavy atom. The van der Waals surface area contributed by atoms with Crippen LogP contribution in [0.5, 0.6) is 0 Å². The fourth-order valence-electron chi connectivity index (χ4n) is 1.06. The predicted molar refractivity (Wildman–Crippen MR) is 56.4 cm³/mol. The third kappa shape index (κ3) is 10.1. The van der Waals surface area contributed by atoms with Gasteiger partial charge in [0.1, 0.15) is 0 Å². The molecule has 0 aliphatic carbocycles. The van der Waals surface area contributed by atoms with Crippen molar-refractivity contribution < 1.29 is 0 Å². The molecule has 0 radical (unpaired) electrons. The first kappa shape index (κ1) is 11.1. The van der Waals surface area contributed by atoms with Gasteiger partial charge in [-0.05, 0) is 12.8 Å². The SMILES string of the molecule is CCCCCCCC=CCS. The maximum Gasteiger partial charge on any atom is 0.00825 e. The maximum atomic E-state index is 4.09. The van der Waals surface area contributed by atoms with Gasteiger partial charge in [0.25, 0.3) is 0 Å². The Hall–Kier alpha value is 0.0900. The van der Waals surface area contributed by atoms with Crippen LogP contribution in [0.2, 0.25) is 0 Å². The highest BCUT2D eigenvalue weighted by Crippen LogP contribution is 2.05. The van der Waals surface area contributed by atoms with Crippen LogP contribution >= 0.6 is 12.6 Å². The van der Waals surface area contributed by atoms with Crippen LogP contribution in [0.1, 0.15) is 45.4 Å². The average molecular weight is 172 g/mol. The fourth-order valence-corrected chi connectivity index (χ4v) is 1.21. The molecule has 0 aromatic heterocycles. The second-order valence-electron chi connectivity index (χ2n) is 2.86. The number of hydrogen-bond acceptors (Lipinski definition) is 1. The molecular weight excluding hydrogens is 152 g/mol. The third-order valence-corrected chi connectivity index (χ3v) is 1.96. The maximum absolute atomic E-state index is 4.09. The lowest BCUT2D eigenvalue weighted by Gasteiger charge is -1.95. The van der Waals surface area contributed by atoms with Gasteiger partial charge < -0.3 is 0 Å². The van der Waals surface area contributed by atoms with E-state index < -0.39 is 0 Å². The van der Waals surface area contributed by atoms with Crippen LogP contribution in [-0.4, -0.2) is 5.75 Å². The zero-order valence-electron chi connectivity index (χ0n) is 7.55. The molecule has 11 heavy (non-hydrogen) atoms. The fraction of sp³-hybridized carbons (Fsp3) is 0.800. The van der Waals surface area contributed by atoms with E-state index in [9.17, 15) is 0 Å². The Morgan fingerprint density at radius 1 is 1.00 bits per heavy atom. The smallest absolute Gasteiger partial charge is 0.00825 e. The van der Waals surface area contributed by atoms with Gasteiger partial charge >= 0.3 is 0 Å². The zero-order chi connectivity index (χ0) is 8.36. The Balaban J connectivity index is 2.85. The number of rotatable bonds is 7. The number of thiol groups is 1. The largest absolute Gasteiger partial charge is 0.175 e. The molecule has 0 aliphatic rings. The van der Waals surface area contributed by atoms with Crippen molar-refractivity contribution in [3.05, 3.63) is 12.2 Å². The first-order valence-corrected chi connectivity index (χ1v) is 5.31. The molecule has 0 heterocycles. The topological polar surface area (TPSA) is 0 Å². The van der Waals surface area contributed by atoms with Crippen molar-refractivity contribution in [3.8, 4) is 0 Å².